The summed E-state index contributed by atoms with van der Waals surface area (Å²) in [6, 6.07) is 17.5. The quantitative estimate of drug-likeness (QED) is 0.342. The van der Waals surface area contributed by atoms with Crippen LogP contribution in [0.1, 0.15) is 106 Å². The van der Waals surface area contributed by atoms with E-state index in [2.05, 4.69) is 50.2 Å². The van der Waals surface area contributed by atoms with Crippen molar-refractivity contribution in [3.8, 4) is 5.75 Å². The predicted octanol–water partition coefficient (Wildman–Crippen LogP) is 8.16. The van der Waals surface area contributed by atoms with E-state index in [-0.39, 0.29) is 6.29 Å². The molecule has 0 aromatic heterocycles. The number of ether oxygens (including phenoxy) is 3. The molecule has 0 amide bonds. The summed E-state index contributed by atoms with van der Waals surface area (Å²) in [4.78, 5) is 0. The van der Waals surface area contributed by atoms with Crippen molar-refractivity contribution in [3.63, 3.8) is 0 Å². The van der Waals surface area contributed by atoms with Gasteiger partial charge in [-0.2, -0.15) is 0 Å². The van der Waals surface area contributed by atoms with Gasteiger partial charge in [0, 0.05) is 11.5 Å². The molecule has 1 heterocycles. The molecule has 0 N–H and O–H groups in total. The van der Waals surface area contributed by atoms with Crippen molar-refractivity contribution < 1.29 is 14.2 Å². The average molecular weight is 451 g/mol. The molecule has 0 atom stereocenters. The third kappa shape index (κ3) is 6.83. The van der Waals surface area contributed by atoms with Gasteiger partial charge in [-0.05, 0) is 67.2 Å². The molecule has 2 fully saturated rings. The first-order valence-corrected chi connectivity index (χ1v) is 13.3. The van der Waals surface area contributed by atoms with Gasteiger partial charge < -0.3 is 14.2 Å². The molecule has 1 aliphatic heterocycles. The Morgan fingerprint density at radius 1 is 0.697 bits per heavy atom. The highest BCUT2D eigenvalue weighted by Crippen LogP contribution is 2.38. The van der Waals surface area contributed by atoms with Crippen LogP contribution in [0.25, 0.3) is 0 Å². The fraction of sp³-hybridized carbons (Fsp3) is 0.600. The van der Waals surface area contributed by atoms with Crippen molar-refractivity contribution in [2.24, 2.45) is 5.92 Å². The maximum absolute atomic E-state index is 6.10. The van der Waals surface area contributed by atoms with Crippen molar-refractivity contribution >= 4 is 0 Å². The van der Waals surface area contributed by atoms with Crippen LogP contribution in [0.15, 0.2) is 48.5 Å². The Labute approximate surface area is 200 Å². The molecule has 0 unspecified atom stereocenters. The Hall–Kier alpha value is -1.84. The van der Waals surface area contributed by atoms with E-state index < -0.39 is 0 Å². The maximum atomic E-state index is 6.10. The fourth-order valence-corrected chi connectivity index (χ4v) is 5.38. The van der Waals surface area contributed by atoms with Gasteiger partial charge in [-0.15, -0.1) is 0 Å². The second-order valence-electron chi connectivity index (χ2n) is 9.99. The van der Waals surface area contributed by atoms with Gasteiger partial charge in [0.2, 0.25) is 0 Å². The number of hydrogen-bond donors (Lipinski definition) is 0. The van der Waals surface area contributed by atoms with Crippen LogP contribution in [0.3, 0.4) is 0 Å². The van der Waals surface area contributed by atoms with Crippen molar-refractivity contribution in [3.05, 3.63) is 65.2 Å². The monoisotopic (exact) mass is 450 g/mol. The largest absolute Gasteiger partial charge is 0.494 e. The molecule has 0 radical (unpaired) electrons. The number of rotatable bonds is 10. The summed E-state index contributed by atoms with van der Waals surface area (Å²) in [5.41, 5.74) is 3.90. The molecule has 0 bridgehead atoms. The van der Waals surface area contributed by atoms with Gasteiger partial charge in [-0.3, -0.25) is 0 Å². The van der Waals surface area contributed by atoms with Crippen LogP contribution in [0.2, 0.25) is 0 Å². The lowest BCUT2D eigenvalue weighted by Gasteiger charge is -2.31. The van der Waals surface area contributed by atoms with Crippen LogP contribution in [-0.4, -0.2) is 19.8 Å². The van der Waals surface area contributed by atoms with Gasteiger partial charge in [-0.1, -0.05) is 75.9 Å². The van der Waals surface area contributed by atoms with Gasteiger partial charge in [0.15, 0.2) is 6.29 Å². The zero-order valence-corrected chi connectivity index (χ0v) is 20.6. The van der Waals surface area contributed by atoms with Gasteiger partial charge >= 0.3 is 0 Å². The third-order valence-corrected chi connectivity index (χ3v) is 7.49. The van der Waals surface area contributed by atoms with Crippen molar-refractivity contribution in [1.82, 2.24) is 0 Å². The lowest BCUT2D eigenvalue weighted by atomic mass is 9.77. The number of hydrogen-bond acceptors (Lipinski definition) is 3. The minimum absolute atomic E-state index is 0.284. The molecule has 180 valence electrons. The lowest BCUT2D eigenvalue weighted by molar-refractivity contribution is -0.191. The first kappa shape index (κ1) is 24.3. The Balaban J connectivity index is 1.23. The minimum Gasteiger partial charge on any atom is -0.494 e. The van der Waals surface area contributed by atoms with Crippen LogP contribution in [-0.2, 0) is 9.47 Å². The van der Waals surface area contributed by atoms with E-state index in [0.717, 1.165) is 36.2 Å². The van der Waals surface area contributed by atoms with E-state index >= 15 is 0 Å². The minimum atomic E-state index is -0.284. The molecule has 2 aromatic rings. The smallest absolute Gasteiger partial charge is 0.183 e. The Kier molecular flexibility index (Phi) is 9.26. The summed E-state index contributed by atoms with van der Waals surface area (Å²) in [6.45, 7) is 6.69. The highest BCUT2D eigenvalue weighted by molar-refractivity contribution is 5.30. The topological polar surface area (TPSA) is 27.7 Å². The zero-order valence-electron chi connectivity index (χ0n) is 20.6. The van der Waals surface area contributed by atoms with Gasteiger partial charge in [0.25, 0.3) is 0 Å². The summed E-state index contributed by atoms with van der Waals surface area (Å²) in [5.74, 6) is 2.93. The lowest BCUT2D eigenvalue weighted by Crippen LogP contribution is -2.25. The molecule has 4 rings (SSSR count). The second kappa shape index (κ2) is 12.6. The predicted molar refractivity (Wildman–Crippen MR) is 135 cm³/mol. The standard InChI is InChI=1S/C30H42O3/c1-3-5-6-20-31-29-18-16-27(17-19-29)30-32-21-28(22-33-30)26-14-12-25(13-15-26)24-10-8-23(7-4-2)9-11-24/h12-19,23-24,28,30H,3-11,20-22H2,1-2H3. The second-order valence-corrected chi connectivity index (χ2v) is 9.99. The SMILES string of the molecule is CCCCCOc1ccc(C2OCC(c3ccc(C4CCC(CCC)CC4)cc3)CO2)cc1. The molecule has 0 spiro atoms. The molecule has 1 saturated carbocycles. The third-order valence-electron chi connectivity index (χ3n) is 7.49. The Morgan fingerprint density at radius 3 is 1.91 bits per heavy atom. The van der Waals surface area contributed by atoms with E-state index in [0.29, 0.717) is 19.1 Å². The highest BCUT2D eigenvalue weighted by Gasteiger charge is 2.26. The van der Waals surface area contributed by atoms with E-state index in [1.165, 1.54) is 62.5 Å². The van der Waals surface area contributed by atoms with E-state index in [1.807, 2.05) is 12.1 Å². The van der Waals surface area contributed by atoms with Gasteiger partial charge in [-0.25, -0.2) is 0 Å². The van der Waals surface area contributed by atoms with Gasteiger partial charge in [0.05, 0.1) is 19.8 Å². The van der Waals surface area contributed by atoms with Crippen LogP contribution >= 0.6 is 0 Å². The normalized spacial score (nSPS) is 25.6. The van der Waals surface area contributed by atoms with E-state index in [9.17, 15) is 0 Å². The van der Waals surface area contributed by atoms with Gasteiger partial charge in [0.1, 0.15) is 5.75 Å². The van der Waals surface area contributed by atoms with E-state index in [1.54, 1.807) is 0 Å². The van der Waals surface area contributed by atoms with Crippen LogP contribution < -0.4 is 4.74 Å². The first-order chi connectivity index (χ1) is 16.3. The van der Waals surface area contributed by atoms with Crippen LogP contribution in [0, 0.1) is 5.92 Å². The molecule has 2 aromatic carbocycles. The van der Waals surface area contributed by atoms with Crippen LogP contribution in [0.5, 0.6) is 5.75 Å². The number of benzene rings is 2. The molecular formula is C30H42O3. The Morgan fingerprint density at radius 2 is 1.30 bits per heavy atom. The van der Waals surface area contributed by atoms with E-state index in [4.69, 9.17) is 14.2 Å². The summed E-state index contributed by atoms with van der Waals surface area (Å²) in [5, 5.41) is 0. The summed E-state index contributed by atoms with van der Waals surface area (Å²) >= 11 is 0. The molecule has 2 aliphatic rings. The molecular weight excluding hydrogens is 408 g/mol. The molecule has 3 heteroatoms. The van der Waals surface area contributed by atoms with Crippen molar-refractivity contribution in [1.29, 1.82) is 0 Å². The summed E-state index contributed by atoms with van der Waals surface area (Å²) in [7, 11) is 0. The average Bonchev–Trinajstić information content (AvgIpc) is 2.88. The first-order valence-electron chi connectivity index (χ1n) is 13.3. The maximum Gasteiger partial charge on any atom is 0.183 e. The Bertz CT molecular complexity index is 797. The van der Waals surface area contributed by atoms with Crippen molar-refractivity contribution in [2.45, 2.75) is 89.8 Å². The highest BCUT2D eigenvalue weighted by atomic mass is 16.7. The summed E-state index contributed by atoms with van der Waals surface area (Å²) < 4.78 is 18.0. The van der Waals surface area contributed by atoms with Crippen molar-refractivity contribution in [2.75, 3.05) is 19.8 Å². The molecule has 1 aliphatic carbocycles. The fourth-order valence-electron chi connectivity index (χ4n) is 5.38. The summed E-state index contributed by atoms with van der Waals surface area (Å²) in [6.07, 6.45) is 11.5. The molecule has 1 saturated heterocycles. The molecule has 33 heavy (non-hydrogen) atoms. The zero-order chi connectivity index (χ0) is 22.9. The molecule has 3 nitrogen and oxygen atoms in total. The number of unbranched alkanes of at least 4 members (excludes halogenated alkanes) is 2. The van der Waals surface area contributed by atoms with Crippen LogP contribution in [0.4, 0.5) is 0 Å².